The van der Waals surface area contributed by atoms with Crippen molar-refractivity contribution in [2.45, 2.75) is 39.0 Å². The molecule has 104 valence electrons. The summed E-state index contributed by atoms with van der Waals surface area (Å²) in [6, 6.07) is 8.10. The Morgan fingerprint density at radius 3 is 2.37 bits per heavy atom. The minimum Gasteiger partial charge on any atom is -0.489 e. The van der Waals surface area contributed by atoms with Gasteiger partial charge in [0.05, 0.1) is 6.17 Å². The zero-order valence-electron chi connectivity index (χ0n) is 11.8. The SMILES string of the molecule is C=C(COc1ccc(CC2NN2)cc1)OC(C)(C)C. The molecule has 1 aliphatic rings. The lowest BCUT2D eigenvalue weighted by atomic mass is 10.1. The van der Waals surface area contributed by atoms with Gasteiger partial charge in [-0.3, -0.25) is 0 Å². The van der Waals surface area contributed by atoms with E-state index in [4.69, 9.17) is 9.47 Å². The number of ether oxygens (including phenoxy) is 2. The fraction of sp³-hybridized carbons (Fsp3) is 0.467. The van der Waals surface area contributed by atoms with Crippen molar-refractivity contribution in [1.29, 1.82) is 0 Å². The summed E-state index contributed by atoms with van der Waals surface area (Å²) in [6.07, 6.45) is 1.41. The third-order valence-corrected chi connectivity index (χ3v) is 2.56. The van der Waals surface area contributed by atoms with E-state index in [0.29, 0.717) is 18.5 Å². The normalized spacial score (nSPS) is 15.1. The molecular formula is C15H22N2O2. The van der Waals surface area contributed by atoms with Gasteiger partial charge in [-0.15, -0.1) is 0 Å². The van der Waals surface area contributed by atoms with Crippen molar-refractivity contribution in [1.82, 2.24) is 10.9 Å². The van der Waals surface area contributed by atoms with Crippen LogP contribution in [0.3, 0.4) is 0 Å². The van der Waals surface area contributed by atoms with Gasteiger partial charge in [-0.1, -0.05) is 18.7 Å². The van der Waals surface area contributed by atoms with Gasteiger partial charge >= 0.3 is 0 Å². The van der Waals surface area contributed by atoms with Crippen molar-refractivity contribution in [2.75, 3.05) is 6.61 Å². The van der Waals surface area contributed by atoms with E-state index in [1.54, 1.807) is 0 Å². The first-order valence-corrected chi connectivity index (χ1v) is 6.52. The fourth-order valence-electron chi connectivity index (χ4n) is 1.74. The third-order valence-electron chi connectivity index (χ3n) is 2.56. The van der Waals surface area contributed by atoms with Crippen LogP contribution in [0.15, 0.2) is 36.6 Å². The fourth-order valence-corrected chi connectivity index (χ4v) is 1.74. The summed E-state index contributed by atoms with van der Waals surface area (Å²) in [5.41, 5.74) is 7.15. The van der Waals surface area contributed by atoms with E-state index >= 15 is 0 Å². The van der Waals surface area contributed by atoms with E-state index in [9.17, 15) is 0 Å². The van der Waals surface area contributed by atoms with Crippen LogP contribution < -0.4 is 15.6 Å². The maximum atomic E-state index is 5.63. The second-order valence-corrected chi connectivity index (χ2v) is 5.73. The number of benzene rings is 1. The highest BCUT2D eigenvalue weighted by atomic mass is 16.5. The largest absolute Gasteiger partial charge is 0.489 e. The van der Waals surface area contributed by atoms with Crippen molar-refractivity contribution < 1.29 is 9.47 Å². The summed E-state index contributed by atoms with van der Waals surface area (Å²) in [6.45, 7) is 10.2. The standard InChI is InChI=1S/C15H22N2O2/c1-11(19-15(2,3)4)10-18-13-7-5-12(6-8-13)9-14-16-17-14/h5-8,14,16-17H,1,9-10H2,2-4H3. The summed E-state index contributed by atoms with van der Waals surface area (Å²) in [5.74, 6) is 1.47. The van der Waals surface area contributed by atoms with Gasteiger partial charge in [0.1, 0.15) is 23.7 Å². The molecule has 1 aliphatic heterocycles. The van der Waals surface area contributed by atoms with Crippen LogP contribution in [-0.2, 0) is 11.2 Å². The minimum atomic E-state index is -0.228. The molecule has 1 aromatic carbocycles. The quantitative estimate of drug-likeness (QED) is 0.610. The second-order valence-electron chi connectivity index (χ2n) is 5.73. The predicted molar refractivity (Wildman–Crippen MR) is 75.7 cm³/mol. The summed E-state index contributed by atoms with van der Waals surface area (Å²) in [5, 5.41) is 0. The molecule has 0 radical (unpaired) electrons. The van der Waals surface area contributed by atoms with Gasteiger partial charge in [0.15, 0.2) is 0 Å². The van der Waals surface area contributed by atoms with Crippen molar-refractivity contribution in [3.63, 3.8) is 0 Å². The molecule has 0 amide bonds. The Bertz CT molecular complexity index is 430. The second kappa shape index (κ2) is 5.63. The van der Waals surface area contributed by atoms with Gasteiger partial charge in [-0.2, -0.15) is 0 Å². The van der Waals surface area contributed by atoms with Crippen LogP contribution in [0.2, 0.25) is 0 Å². The van der Waals surface area contributed by atoms with Crippen LogP contribution in [0.25, 0.3) is 0 Å². The molecule has 1 fully saturated rings. The Labute approximate surface area is 114 Å². The molecule has 1 saturated heterocycles. The summed E-state index contributed by atoms with van der Waals surface area (Å²) in [4.78, 5) is 0. The summed E-state index contributed by atoms with van der Waals surface area (Å²) in [7, 11) is 0. The lowest BCUT2D eigenvalue weighted by molar-refractivity contribution is 0.0374. The van der Waals surface area contributed by atoms with E-state index in [1.165, 1.54) is 5.56 Å². The Balaban J connectivity index is 1.77. The van der Waals surface area contributed by atoms with E-state index in [2.05, 4.69) is 29.6 Å². The van der Waals surface area contributed by atoms with Gasteiger partial charge in [0, 0.05) is 6.42 Å². The lowest BCUT2D eigenvalue weighted by Gasteiger charge is -2.22. The Kier molecular flexibility index (Phi) is 4.12. The monoisotopic (exact) mass is 262 g/mol. The number of hydrazine groups is 1. The van der Waals surface area contributed by atoms with Crippen LogP contribution in [0.5, 0.6) is 5.75 Å². The molecular weight excluding hydrogens is 240 g/mol. The lowest BCUT2D eigenvalue weighted by Crippen LogP contribution is -2.20. The summed E-state index contributed by atoms with van der Waals surface area (Å²) >= 11 is 0. The molecule has 0 aliphatic carbocycles. The Hall–Kier alpha value is -1.52. The van der Waals surface area contributed by atoms with Gasteiger partial charge in [-0.05, 0) is 38.5 Å². The average molecular weight is 262 g/mol. The van der Waals surface area contributed by atoms with Crippen molar-refractivity contribution in [2.24, 2.45) is 0 Å². The van der Waals surface area contributed by atoms with Gasteiger partial charge in [0.2, 0.25) is 0 Å². The molecule has 0 aromatic heterocycles. The predicted octanol–water partition coefficient (Wildman–Crippen LogP) is 2.37. The van der Waals surface area contributed by atoms with Crippen molar-refractivity contribution >= 4 is 0 Å². The molecule has 19 heavy (non-hydrogen) atoms. The van der Waals surface area contributed by atoms with Crippen LogP contribution in [-0.4, -0.2) is 18.4 Å². The van der Waals surface area contributed by atoms with E-state index in [1.807, 2.05) is 32.9 Å². The number of nitrogens with one attached hydrogen (secondary N) is 2. The molecule has 4 nitrogen and oxygen atoms in total. The van der Waals surface area contributed by atoms with Gasteiger partial charge < -0.3 is 9.47 Å². The first-order valence-electron chi connectivity index (χ1n) is 6.52. The third kappa shape index (κ3) is 5.32. The summed E-state index contributed by atoms with van der Waals surface area (Å²) < 4.78 is 11.2. The molecule has 2 rings (SSSR count). The van der Waals surface area contributed by atoms with Crippen LogP contribution in [0.4, 0.5) is 0 Å². The average Bonchev–Trinajstić information content (AvgIpc) is 3.10. The van der Waals surface area contributed by atoms with Gasteiger partial charge in [-0.25, -0.2) is 10.9 Å². The zero-order chi connectivity index (χ0) is 13.9. The van der Waals surface area contributed by atoms with Crippen LogP contribution in [0, 0.1) is 0 Å². The van der Waals surface area contributed by atoms with Gasteiger partial charge in [0.25, 0.3) is 0 Å². The maximum Gasteiger partial charge on any atom is 0.145 e. The highest BCUT2D eigenvalue weighted by Gasteiger charge is 2.18. The first kappa shape index (κ1) is 13.9. The molecule has 0 unspecified atom stereocenters. The van der Waals surface area contributed by atoms with Crippen LogP contribution >= 0.6 is 0 Å². The zero-order valence-corrected chi connectivity index (χ0v) is 11.8. The smallest absolute Gasteiger partial charge is 0.145 e. The highest BCUT2D eigenvalue weighted by Crippen LogP contribution is 2.17. The van der Waals surface area contributed by atoms with E-state index < -0.39 is 0 Å². The molecule has 0 saturated carbocycles. The molecule has 4 heteroatoms. The van der Waals surface area contributed by atoms with Crippen molar-refractivity contribution in [3.05, 3.63) is 42.2 Å². The minimum absolute atomic E-state index is 0.228. The molecule has 1 aromatic rings. The molecule has 2 N–H and O–H groups in total. The number of hydrogen-bond acceptors (Lipinski definition) is 4. The number of hydrogen-bond donors (Lipinski definition) is 2. The highest BCUT2D eigenvalue weighted by molar-refractivity contribution is 5.28. The molecule has 0 spiro atoms. The maximum absolute atomic E-state index is 5.63. The van der Waals surface area contributed by atoms with Crippen LogP contribution in [0.1, 0.15) is 26.3 Å². The number of rotatable bonds is 6. The molecule has 0 bridgehead atoms. The topological polar surface area (TPSA) is 62.3 Å². The van der Waals surface area contributed by atoms with Crippen molar-refractivity contribution in [3.8, 4) is 5.75 Å². The first-order chi connectivity index (χ1) is 8.92. The molecule has 1 heterocycles. The Morgan fingerprint density at radius 1 is 1.21 bits per heavy atom. The van der Waals surface area contributed by atoms with E-state index in [-0.39, 0.29) is 5.60 Å². The molecule has 0 atom stereocenters. The van der Waals surface area contributed by atoms with E-state index in [0.717, 1.165) is 12.2 Å². The Morgan fingerprint density at radius 2 is 1.84 bits per heavy atom.